The van der Waals surface area contributed by atoms with E-state index in [1.165, 1.54) is 0 Å². The number of hydrogen-bond donors (Lipinski definition) is 1. The number of amides is 1. The fraction of sp³-hybridized carbons (Fsp3) is 0.182. The van der Waals surface area contributed by atoms with Gasteiger partial charge in [-0.1, -0.05) is 83.5 Å². The Labute approximate surface area is 243 Å². The molecule has 0 saturated carbocycles. The second kappa shape index (κ2) is 12.3. The standard InChI is InChI=1S/C33H29ClN2O5/c1-4-39-30(37)17-22-9-11-23(12-10-22)24-13-14-26-19-27(16-15-25(26)18-24)32-31(20(2)36-41-32)35-33(38)40-21(3)28-7-5-6-8-29(28)34/h5-16,18-19,21H,4,17H2,1-3H3,(H,35,38). The summed E-state index contributed by atoms with van der Waals surface area (Å²) in [5, 5.41) is 9.43. The molecule has 1 aromatic heterocycles. The van der Waals surface area contributed by atoms with Crippen molar-refractivity contribution in [3.63, 3.8) is 0 Å². The van der Waals surface area contributed by atoms with Crippen molar-refractivity contribution in [3.05, 3.63) is 107 Å². The van der Waals surface area contributed by atoms with Crippen LogP contribution in [0.1, 0.15) is 36.8 Å². The highest BCUT2D eigenvalue weighted by Gasteiger charge is 2.21. The van der Waals surface area contributed by atoms with Crippen LogP contribution >= 0.6 is 11.6 Å². The van der Waals surface area contributed by atoms with Gasteiger partial charge in [0.15, 0.2) is 5.76 Å². The first-order valence-corrected chi connectivity index (χ1v) is 13.7. The number of rotatable bonds is 8. The van der Waals surface area contributed by atoms with E-state index >= 15 is 0 Å². The number of esters is 1. The number of aryl methyl sites for hydroxylation is 1. The third-order valence-corrected chi connectivity index (χ3v) is 7.10. The molecule has 5 aromatic rings. The van der Waals surface area contributed by atoms with E-state index in [9.17, 15) is 9.59 Å². The van der Waals surface area contributed by atoms with E-state index in [2.05, 4.69) is 16.5 Å². The summed E-state index contributed by atoms with van der Waals surface area (Å²) in [5.74, 6) is 0.207. The molecule has 0 fully saturated rings. The lowest BCUT2D eigenvalue weighted by atomic mass is 9.98. The Morgan fingerprint density at radius 3 is 2.29 bits per heavy atom. The van der Waals surface area contributed by atoms with Gasteiger partial charge in [-0.25, -0.2) is 4.79 Å². The Morgan fingerprint density at radius 2 is 1.59 bits per heavy atom. The molecule has 0 spiro atoms. The predicted molar refractivity (Wildman–Crippen MR) is 160 cm³/mol. The van der Waals surface area contributed by atoms with Gasteiger partial charge in [-0.05, 0) is 66.4 Å². The average Bonchev–Trinajstić information content (AvgIpc) is 3.32. The van der Waals surface area contributed by atoms with Gasteiger partial charge in [-0.3, -0.25) is 10.1 Å². The van der Waals surface area contributed by atoms with E-state index in [4.69, 9.17) is 25.6 Å². The highest BCUT2D eigenvalue weighted by Crippen LogP contribution is 2.35. The first-order valence-electron chi connectivity index (χ1n) is 13.3. The van der Waals surface area contributed by atoms with Crippen LogP contribution in [-0.2, 0) is 20.7 Å². The number of ether oxygens (including phenoxy) is 2. The molecule has 1 unspecified atom stereocenters. The highest BCUT2D eigenvalue weighted by atomic mass is 35.5. The van der Waals surface area contributed by atoms with Crippen molar-refractivity contribution in [2.24, 2.45) is 0 Å². The van der Waals surface area contributed by atoms with Crippen LogP contribution in [0, 0.1) is 6.92 Å². The van der Waals surface area contributed by atoms with E-state index in [-0.39, 0.29) is 12.4 Å². The molecule has 1 atom stereocenters. The smallest absolute Gasteiger partial charge is 0.412 e. The number of fused-ring (bicyclic) bond motifs is 1. The summed E-state index contributed by atoms with van der Waals surface area (Å²) in [4.78, 5) is 24.5. The van der Waals surface area contributed by atoms with E-state index < -0.39 is 12.2 Å². The lowest BCUT2D eigenvalue weighted by Crippen LogP contribution is -2.17. The van der Waals surface area contributed by atoms with Crippen LogP contribution in [0.4, 0.5) is 10.5 Å². The van der Waals surface area contributed by atoms with Crippen molar-refractivity contribution in [2.45, 2.75) is 33.3 Å². The largest absolute Gasteiger partial charge is 0.466 e. The molecule has 1 heterocycles. The summed E-state index contributed by atoms with van der Waals surface area (Å²) in [6, 6.07) is 27.2. The number of benzene rings is 4. The normalized spacial score (nSPS) is 11.7. The van der Waals surface area contributed by atoms with Crippen LogP contribution in [0.2, 0.25) is 5.02 Å². The van der Waals surface area contributed by atoms with Crippen LogP contribution in [0.15, 0.2) is 89.5 Å². The van der Waals surface area contributed by atoms with Gasteiger partial charge in [0.1, 0.15) is 17.5 Å². The quantitative estimate of drug-likeness (QED) is 0.189. The van der Waals surface area contributed by atoms with Gasteiger partial charge in [0.25, 0.3) is 0 Å². The summed E-state index contributed by atoms with van der Waals surface area (Å²) in [6.07, 6.45) is -0.926. The number of hydrogen-bond acceptors (Lipinski definition) is 6. The summed E-state index contributed by atoms with van der Waals surface area (Å²) in [5.41, 5.74) is 5.47. The van der Waals surface area contributed by atoms with E-state index in [1.807, 2.05) is 72.8 Å². The lowest BCUT2D eigenvalue weighted by Gasteiger charge is -2.15. The van der Waals surface area contributed by atoms with Crippen molar-refractivity contribution in [1.82, 2.24) is 5.16 Å². The molecule has 5 rings (SSSR count). The van der Waals surface area contributed by atoms with Crippen LogP contribution in [0.5, 0.6) is 0 Å². The monoisotopic (exact) mass is 568 g/mol. The number of anilines is 1. The molecule has 208 valence electrons. The Morgan fingerprint density at radius 1 is 0.927 bits per heavy atom. The van der Waals surface area contributed by atoms with E-state index in [1.54, 1.807) is 26.8 Å². The lowest BCUT2D eigenvalue weighted by molar-refractivity contribution is -0.142. The number of nitrogens with zero attached hydrogens (tertiary/aromatic N) is 1. The molecule has 0 saturated heterocycles. The number of halogens is 1. The number of nitrogens with one attached hydrogen (secondary N) is 1. The van der Waals surface area contributed by atoms with Gasteiger partial charge in [0.2, 0.25) is 0 Å². The first kappa shape index (κ1) is 27.9. The Kier molecular flexibility index (Phi) is 8.36. The summed E-state index contributed by atoms with van der Waals surface area (Å²) in [6.45, 7) is 5.69. The van der Waals surface area contributed by atoms with Crippen molar-refractivity contribution < 1.29 is 23.6 Å². The van der Waals surface area contributed by atoms with E-state index in [0.717, 1.165) is 33.0 Å². The molecule has 8 heteroatoms. The Balaban J connectivity index is 1.33. The van der Waals surface area contributed by atoms with Gasteiger partial charge >= 0.3 is 12.1 Å². The predicted octanol–water partition coefficient (Wildman–Crippen LogP) is 8.54. The molecule has 7 nitrogen and oxygen atoms in total. The second-order valence-corrected chi connectivity index (χ2v) is 10.0. The summed E-state index contributed by atoms with van der Waals surface area (Å²) >= 11 is 6.25. The maximum absolute atomic E-state index is 12.8. The molecule has 4 aromatic carbocycles. The van der Waals surface area contributed by atoms with Gasteiger partial charge < -0.3 is 14.0 Å². The van der Waals surface area contributed by atoms with Crippen LogP contribution in [0.3, 0.4) is 0 Å². The van der Waals surface area contributed by atoms with Crippen LogP contribution in [-0.4, -0.2) is 23.8 Å². The van der Waals surface area contributed by atoms with E-state index in [0.29, 0.717) is 34.3 Å². The molecule has 0 aliphatic rings. The topological polar surface area (TPSA) is 90.7 Å². The van der Waals surface area contributed by atoms with Gasteiger partial charge in [-0.2, -0.15) is 0 Å². The molecular weight excluding hydrogens is 540 g/mol. The molecule has 0 bridgehead atoms. The fourth-order valence-electron chi connectivity index (χ4n) is 4.63. The molecule has 1 amide bonds. The third kappa shape index (κ3) is 6.42. The zero-order valence-electron chi connectivity index (χ0n) is 22.9. The number of carbonyl (C=O) groups excluding carboxylic acids is 2. The summed E-state index contributed by atoms with van der Waals surface area (Å²) < 4.78 is 16.2. The van der Waals surface area contributed by atoms with Gasteiger partial charge in [0.05, 0.1) is 13.0 Å². The maximum atomic E-state index is 12.8. The van der Waals surface area contributed by atoms with Crippen molar-refractivity contribution in [3.8, 4) is 22.5 Å². The zero-order valence-corrected chi connectivity index (χ0v) is 23.7. The fourth-order valence-corrected chi connectivity index (χ4v) is 4.92. The minimum absolute atomic E-state index is 0.231. The Bertz CT molecular complexity index is 1710. The minimum atomic E-state index is -0.635. The third-order valence-electron chi connectivity index (χ3n) is 6.76. The first-order chi connectivity index (χ1) is 19.8. The molecule has 0 aliphatic heterocycles. The van der Waals surface area contributed by atoms with Crippen molar-refractivity contribution >= 4 is 40.1 Å². The maximum Gasteiger partial charge on any atom is 0.412 e. The number of aromatic nitrogens is 1. The molecule has 41 heavy (non-hydrogen) atoms. The zero-order chi connectivity index (χ0) is 28.9. The summed E-state index contributed by atoms with van der Waals surface area (Å²) in [7, 11) is 0. The van der Waals surface area contributed by atoms with Crippen molar-refractivity contribution in [2.75, 3.05) is 11.9 Å². The Hall–Kier alpha value is -4.62. The molecule has 0 aliphatic carbocycles. The SMILES string of the molecule is CCOC(=O)Cc1ccc(-c2ccc3cc(-c4onc(C)c4NC(=O)OC(C)c4ccccc4Cl)ccc3c2)cc1. The number of carbonyl (C=O) groups is 2. The molecular formula is C33H29ClN2O5. The molecule has 1 N–H and O–H groups in total. The van der Waals surface area contributed by atoms with Gasteiger partial charge in [-0.15, -0.1) is 0 Å². The van der Waals surface area contributed by atoms with Crippen LogP contribution < -0.4 is 5.32 Å². The van der Waals surface area contributed by atoms with Crippen LogP contribution in [0.25, 0.3) is 33.2 Å². The molecule has 0 radical (unpaired) electrons. The van der Waals surface area contributed by atoms with Gasteiger partial charge in [0, 0.05) is 16.1 Å². The average molecular weight is 569 g/mol. The highest BCUT2D eigenvalue weighted by molar-refractivity contribution is 6.31. The second-order valence-electron chi connectivity index (χ2n) is 9.62. The minimum Gasteiger partial charge on any atom is -0.466 e. The van der Waals surface area contributed by atoms with Crippen molar-refractivity contribution in [1.29, 1.82) is 0 Å².